The lowest BCUT2D eigenvalue weighted by Crippen LogP contribution is -2.31. The fourth-order valence-corrected chi connectivity index (χ4v) is 2.62. The van der Waals surface area contributed by atoms with Crippen LogP contribution in [-0.2, 0) is 6.54 Å². The van der Waals surface area contributed by atoms with Crippen molar-refractivity contribution < 1.29 is 14.3 Å². The molecule has 0 saturated heterocycles. The van der Waals surface area contributed by atoms with Gasteiger partial charge in [0.05, 0.1) is 14.2 Å². The second-order valence-electron chi connectivity index (χ2n) is 5.71. The van der Waals surface area contributed by atoms with Gasteiger partial charge in [-0.3, -0.25) is 4.79 Å². The van der Waals surface area contributed by atoms with E-state index in [0.717, 1.165) is 5.56 Å². The van der Waals surface area contributed by atoms with Gasteiger partial charge in [0.2, 0.25) is 0 Å². The van der Waals surface area contributed by atoms with Crippen molar-refractivity contribution in [3.8, 4) is 11.5 Å². The molecule has 0 atom stereocenters. The summed E-state index contributed by atoms with van der Waals surface area (Å²) < 4.78 is 10.6. The van der Waals surface area contributed by atoms with Gasteiger partial charge in [0.15, 0.2) is 11.5 Å². The minimum atomic E-state index is -0.0883. The van der Waals surface area contributed by atoms with Gasteiger partial charge in [0.1, 0.15) is 17.3 Å². The maximum Gasteiger partial charge on any atom is 0.272 e. The van der Waals surface area contributed by atoms with Crippen LogP contribution in [-0.4, -0.2) is 48.1 Å². The first-order chi connectivity index (χ1) is 12.5. The Hall–Kier alpha value is -2.83. The van der Waals surface area contributed by atoms with Gasteiger partial charge < -0.3 is 19.7 Å². The molecule has 0 bridgehead atoms. The van der Waals surface area contributed by atoms with E-state index in [1.54, 1.807) is 32.1 Å². The summed E-state index contributed by atoms with van der Waals surface area (Å²) in [5.41, 5.74) is 1.41. The molecule has 1 heterocycles. The lowest BCUT2D eigenvalue weighted by atomic mass is 10.2. The average Bonchev–Trinajstić information content (AvgIpc) is 2.66. The number of benzene rings is 1. The number of aryl methyl sites for hydroxylation is 1. The first kappa shape index (κ1) is 19.5. The quantitative estimate of drug-likeness (QED) is 0.782. The molecule has 140 valence electrons. The molecule has 0 spiro atoms. The number of carbonyl (C=O) groups is 1. The van der Waals surface area contributed by atoms with Crippen LogP contribution in [0.5, 0.6) is 11.5 Å². The number of hydrogen-bond donors (Lipinski definition) is 1. The third-order valence-corrected chi connectivity index (χ3v) is 4.03. The molecular formula is C19H26N4O3. The number of ether oxygens (including phenoxy) is 2. The van der Waals surface area contributed by atoms with Crippen LogP contribution in [0.4, 0.5) is 5.82 Å². The van der Waals surface area contributed by atoms with Crippen molar-refractivity contribution >= 4 is 11.7 Å². The molecule has 2 aromatic rings. The van der Waals surface area contributed by atoms with Crippen LogP contribution in [0.3, 0.4) is 0 Å². The van der Waals surface area contributed by atoms with E-state index in [9.17, 15) is 4.79 Å². The van der Waals surface area contributed by atoms with Crippen molar-refractivity contribution in [3.05, 3.63) is 41.3 Å². The molecule has 1 aromatic carbocycles. The summed E-state index contributed by atoms with van der Waals surface area (Å²) in [6, 6.07) is 7.40. The summed E-state index contributed by atoms with van der Waals surface area (Å²) in [7, 11) is 3.21. The van der Waals surface area contributed by atoms with Gasteiger partial charge in [0, 0.05) is 25.7 Å². The molecule has 0 fully saturated rings. The predicted molar refractivity (Wildman–Crippen MR) is 101 cm³/mol. The molecule has 0 unspecified atom stereocenters. The molecule has 0 radical (unpaired) electrons. The standard InChI is InChI=1S/C19H26N4O3/c1-6-23(7-2)19(24)15-11-18(22-13(3)21-15)20-12-14-8-9-16(25-4)17(10-14)26-5/h8-11H,6-7,12H2,1-5H3,(H,20,21,22). The Morgan fingerprint density at radius 1 is 1.08 bits per heavy atom. The Balaban J connectivity index is 2.16. The van der Waals surface area contributed by atoms with Crippen molar-refractivity contribution in [2.75, 3.05) is 32.6 Å². The highest BCUT2D eigenvalue weighted by Crippen LogP contribution is 2.27. The van der Waals surface area contributed by atoms with Crippen molar-refractivity contribution in [1.29, 1.82) is 0 Å². The topological polar surface area (TPSA) is 76.6 Å². The Kier molecular flexibility index (Phi) is 6.77. The van der Waals surface area contributed by atoms with Crippen LogP contribution in [0.15, 0.2) is 24.3 Å². The summed E-state index contributed by atoms with van der Waals surface area (Å²) in [4.78, 5) is 22.9. The molecule has 1 aromatic heterocycles. The monoisotopic (exact) mass is 358 g/mol. The summed E-state index contributed by atoms with van der Waals surface area (Å²) >= 11 is 0. The highest BCUT2D eigenvalue weighted by molar-refractivity contribution is 5.93. The normalized spacial score (nSPS) is 10.3. The molecule has 0 aliphatic heterocycles. The van der Waals surface area contributed by atoms with E-state index in [-0.39, 0.29) is 5.91 Å². The zero-order valence-corrected chi connectivity index (χ0v) is 16.0. The van der Waals surface area contributed by atoms with Crippen molar-refractivity contribution in [2.24, 2.45) is 0 Å². The summed E-state index contributed by atoms with van der Waals surface area (Å²) in [6.07, 6.45) is 0. The molecule has 7 heteroatoms. The molecule has 1 amide bonds. The van der Waals surface area contributed by atoms with E-state index in [4.69, 9.17) is 9.47 Å². The number of aromatic nitrogens is 2. The molecule has 1 N–H and O–H groups in total. The van der Waals surface area contributed by atoms with E-state index in [0.29, 0.717) is 48.5 Å². The second-order valence-corrected chi connectivity index (χ2v) is 5.71. The molecule has 0 aliphatic rings. The summed E-state index contributed by atoms with van der Waals surface area (Å²) in [5, 5.41) is 3.24. The lowest BCUT2D eigenvalue weighted by Gasteiger charge is -2.18. The van der Waals surface area contributed by atoms with E-state index in [1.165, 1.54) is 0 Å². The Morgan fingerprint density at radius 3 is 2.38 bits per heavy atom. The smallest absolute Gasteiger partial charge is 0.272 e. The zero-order valence-electron chi connectivity index (χ0n) is 16.0. The van der Waals surface area contributed by atoms with E-state index < -0.39 is 0 Å². The van der Waals surface area contributed by atoms with E-state index in [1.807, 2.05) is 32.0 Å². The number of hydrogen-bond acceptors (Lipinski definition) is 6. The largest absolute Gasteiger partial charge is 0.493 e. The third-order valence-electron chi connectivity index (χ3n) is 4.03. The van der Waals surface area contributed by atoms with E-state index in [2.05, 4.69) is 15.3 Å². The highest BCUT2D eigenvalue weighted by Gasteiger charge is 2.16. The first-order valence-electron chi connectivity index (χ1n) is 8.62. The molecule has 26 heavy (non-hydrogen) atoms. The number of methoxy groups -OCH3 is 2. The number of anilines is 1. The fraction of sp³-hybridized carbons (Fsp3) is 0.421. The molecule has 0 saturated carbocycles. The minimum Gasteiger partial charge on any atom is -0.493 e. The van der Waals surface area contributed by atoms with Crippen molar-refractivity contribution in [2.45, 2.75) is 27.3 Å². The number of nitrogens with zero attached hydrogens (tertiary/aromatic N) is 3. The van der Waals surface area contributed by atoms with Crippen LogP contribution < -0.4 is 14.8 Å². The van der Waals surface area contributed by atoms with Crippen LogP contribution >= 0.6 is 0 Å². The van der Waals surface area contributed by atoms with Gasteiger partial charge in [0.25, 0.3) is 5.91 Å². The number of rotatable bonds is 8. The summed E-state index contributed by atoms with van der Waals surface area (Å²) in [5.74, 6) is 2.43. The van der Waals surface area contributed by atoms with Gasteiger partial charge in [-0.2, -0.15) is 0 Å². The maximum atomic E-state index is 12.5. The molecule has 7 nitrogen and oxygen atoms in total. The Labute approximate surface area is 154 Å². The number of amides is 1. The van der Waals surface area contributed by atoms with Crippen molar-refractivity contribution in [1.82, 2.24) is 14.9 Å². The van der Waals surface area contributed by atoms with Crippen molar-refractivity contribution in [3.63, 3.8) is 0 Å². The van der Waals surface area contributed by atoms with Crippen LogP contribution in [0.2, 0.25) is 0 Å². The number of nitrogens with one attached hydrogen (secondary N) is 1. The Bertz CT molecular complexity index is 760. The first-order valence-corrected chi connectivity index (χ1v) is 8.62. The SMILES string of the molecule is CCN(CC)C(=O)c1cc(NCc2ccc(OC)c(OC)c2)nc(C)n1. The van der Waals surface area contributed by atoms with Crippen LogP contribution in [0, 0.1) is 6.92 Å². The fourth-order valence-electron chi connectivity index (χ4n) is 2.62. The highest BCUT2D eigenvalue weighted by atomic mass is 16.5. The van der Waals surface area contributed by atoms with E-state index >= 15 is 0 Å². The second kappa shape index (κ2) is 9.03. The summed E-state index contributed by atoms with van der Waals surface area (Å²) in [6.45, 7) is 7.51. The molecule has 2 rings (SSSR count). The molecular weight excluding hydrogens is 332 g/mol. The van der Waals surface area contributed by atoms with Gasteiger partial charge in [-0.15, -0.1) is 0 Å². The van der Waals surface area contributed by atoms with Gasteiger partial charge in [-0.1, -0.05) is 6.07 Å². The molecule has 0 aliphatic carbocycles. The Morgan fingerprint density at radius 2 is 1.77 bits per heavy atom. The van der Waals surface area contributed by atoms with Crippen LogP contribution in [0.25, 0.3) is 0 Å². The minimum absolute atomic E-state index is 0.0883. The maximum absolute atomic E-state index is 12.5. The average molecular weight is 358 g/mol. The van der Waals surface area contributed by atoms with Gasteiger partial charge in [-0.25, -0.2) is 9.97 Å². The van der Waals surface area contributed by atoms with Gasteiger partial charge >= 0.3 is 0 Å². The van der Waals surface area contributed by atoms with Crippen LogP contribution in [0.1, 0.15) is 35.7 Å². The zero-order chi connectivity index (χ0) is 19.1. The predicted octanol–water partition coefficient (Wildman–Crippen LogP) is 2.90. The lowest BCUT2D eigenvalue weighted by molar-refractivity contribution is 0.0766. The number of carbonyl (C=O) groups excluding carboxylic acids is 1. The van der Waals surface area contributed by atoms with Gasteiger partial charge in [-0.05, 0) is 38.5 Å². The third kappa shape index (κ3) is 4.62.